The van der Waals surface area contributed by atoms with Gasteiger partial charge in [-0.2, -0.15) is 11.8 Å². The van der Waals surface area contributed by atoms with E-state index in [0.717, 1.165) is 0 Å². The van der Waals surface area contributed by atoms with Gasteiger partial charge in [-0.25, -0.2) is 4.79 Å². The molecule has 0 radical (unpaired) electrons. The number of thioether (sulfide) groups is 1. The molecule has 0 spiro atoms. The van der Waals surface area contributed by atoms with Crippen molar-refractivity contribution in [2.45, 2.75) is 164 Å². The van der Waals surface area contributed by atoms with E-state index in [-0.39, 0.29) is 30.6 Å². The van der Waals surface area contributed by atoms with Gasteiger partial charge in [-0.15, -0.1) is 0 Å². The highest BCUT2D eigenvalue weighted by atomic mass is 32.2. The third kappa shape index (κ3) is 24.4. The van der Waals surface area contributed by atoms with Crippen molar-refractivity contribution in [3.63, 3.8) is 0 Å². The molecule has 0 rings (SSSR count). The van der Waals surface area contributed by atoms with E-state index in [1.807, 2.05) is 27.7 Å². The first-order chi connectivity index (χ1) is 33.0. The number of carbonyl (C=O) groups is 11. The molecule has 0 aliphatic carbocycles. The van der Waals surface area contributed by atoms with Crippen molar-refractivity contribution in [2.24, 2.45) is 35.5 Å². The van der Waals surface area contributed by atoms with Gasteiger partial charge in [0.1, 0.15) is 42.3 Å². The third-order valence-electron chi connectivity index (χ3n) is 11.7. The van der Waals surface area contributed by atoms with E-state index in [2.05, 4.69) is 58.9 Å². The first-order valence-electron chi connectivity index (χ1n) is 24.5. The molecule has 0 aliphatic heterocycles. The van der Waals surface area contributed by atoms with Crippen LogP contribution in [0.3, 0.4) is 0 Å². The number of carboxylic acids is 1. The van der Waals surface area contributed by atoms with Gasteiger partial charge in [-0.05, 0) is 67.3 Å². The number of nitrogens with one attached hydrogen (secondary N) is 10. The summed E-state index contributed by atoms with van der Waals surface area (Å²) in [6, 6.07) is -8.36. The molecular formula is C47H86N11O12S+. The molecule has 0 aromatic heterocycles. The molecule has 0 aromatic rings. The second-order valence-corrected chi connectivity index (χ2v) is 20.5. The quantitative estimate of drug-likeness (QED) is 0.0350. The molecule has 23 nitrogen and oxygen atoms in total. The highest BCUT2D eigenvalue weighted by Crippen LogP contribution is 2.14. The molecule has 0 fully saturated rings. The van der Waals surface area contributed by atoms with Gasteiger partial charge in [0.2, 0.25) is 53.2 Å². The zero-order valence-corrected chi connectivity index (χ0v) is 45.1. The van der Waals surface area contributed by atoms with Crippen LogP contribution in [0.1, 0.15) is 116 Å². The normalized spacial score (nSPS) is 15.5. The Balaban J connectivity index is 5.82. The van der Waals surface area contributed by atoms with Crippen LogP contribution in [0.4, 0.5) is 0 Å². The molecule has 24 heteroatoms. The van der Waals surface area contributed by atoms with Gasteiger partial charge >= 0.3 is 5.97 Å². The van der Waals surface area contributed by atoms with Gasteiger partial charge in [0.05, 0.1) is 19.6 Å². The summed E-state index contributed by atoms with van der Waals surface area (Å²) in [5.41, 5.74) is 3.71. The van der Waals surface area contributed by atoms with Crippen LogP contribution in [-0.2, 0) is 52.7 Å². The van der Waals surface area contributed by atoms with E-state index < -0.39 is 151 Å². The summed E-state index contributed by atoms with van der Waals surface area (Å²) in [6.45, 7) is 20.7. The van der Waals surface area contributed by atoms with Crippen LogP contribution in [0.15, 0.2) is 0 Å². The maximum Gasteiger partial charge on any atom is 0.326 e. The fourth-order valence-electron chi connectivity index (χ4n) is 6.77. The average Bonchev–Trinajstić information content (AvgIpc) is 3.29. The number of rotatable bonds is 33. The first-order valence-corrected chi connectivity index (χ1v) is 25.9. The summed E-state index contributed by atoms with van der Waals surface area (Å²) in [5.74, 6) is -9.57. The molecule has 0 unspecified atom stereocenters. The van der Waals surface area contributed by atoms with Gasteiger partial charge in [0.15, 0.2) is 6.04 Å². The smallest absolute Gasteiger partial charge is 0.326 e. The number of aliphatic carboxylic acids is 1. The van der Waals surface area contributed by atoms with Crippen LogP contribution in [0, 0.1) is 35.5 Å². The maximum absolute atomic E-state index is 13.8. The van der Waals surface area contributed by atoms with Crippen molar-refractivity contribution < 1.29 is 63.6 Å². The maximum atomic E-state index is 13.8. The minimum Gasteiger partial charge on any atom is -0.480 e. The van der Waals surface area contributed by atoms with Crippen LogP contribution in [-0.4, -0.2) is 150 Å². The van der Waals surface area contributed by atoms with Crippen molar-refractivity contribution >= 4 is 76.8 Å². The van der Waals surface area contributed by atoms with Gasteiger partial charge in [-0.1, -0.05) is 95.9 Å². The molecule has 10 amide bonds. The van der Waals surface area contributed by atoms with Crippen molar-refractivity contribution in [3.05, 3.63) is 0 Å². The van der Waals surface area contributed by atoms with Gasteiger partial charge in [0, 0.05) is 0 Å². The van der Waals surface area contributed by atoms with Crippen molar-refractivity contribution in [2.75, 3.05) is 31.6 Å². The number of carboxylic acid groups (broad SMARTS) is 1. The SMILES string of the molecule is CC[C@H](C)[C@H](NC(=O)[C@H](C)[NH3+])C(=O)N[C@H](C(=O)NCC(=O)N[C@@H](CC(C)C)C(=O)N[C@@H](CCSC)C(=O)N[C@H](C(=O)NCC(=O)NCC(=O)N[C@H](C(=O)N[C@H](C(=O)O)C(C)C)C(C)C)C(C)C)[C@@H](C)CC. The van der Waals surface area contributed by atoms with Crippen molar-refractivity contribution in [3.8, 4) is 0 Å². The van der Waals surface area contributed by atoms with Gasteiger partial charge in [-0.3, -0.25) is 47.9 Å². The van der Waals surface area contributed by atoms with Crippen molar-refractivity contribution in [1.82, 2.24) is 53.2 Å². The summed E-state index contributed by atoms with van der Waals surface area (Å²) < 4.78 is 0. The molecule has 406 valence electrons. The van der Waals surface area contributed by atoms with E-state index >= 15 is 0 Å². The lowest BCUT2D eigenvalue weighted by Gasteiger charge is -2.29. The van der Waals surface area contributed by atoms with E-state index in [1.54, 1.807) is 68.6 Å². The number of hydrogen-bond donors (Lipinski definition) is 12. The predicted octanol–water partition coefficient (Wildman–Crippen LogP) is -1.70. The third-order valence-corrected chi connectivity index (χ3v) is 12.3. The molecule has 0 heterocycles. The Kier molecular flexibility index (Phi) is 30.6. The van der Waals surface area contributed by atoms with Crippen molar-refractivity contribution in [1.29, 1.82) is 0 Å². The monoisotopic (exact) mass is 1030 g/mol. The Morgan fingerprint density at radius 3 is 1.31 bits per heavy atom. The molecule has 0 saturated heterocycles. The Hall–Kier alpha value is -5.52. The average molecular weight is 1030 g/mol. The molecular weight excluding hydrogens is 943 g/mol. The van der Waals surface area contributed by atoms with Crippen LogP contribution < -0.4 is 58.9 Å². The molecule has 10 atom stereocenters. The van der Waals surface area contributed by atoms with E-state index in [4.69, 9.17) is 0 Å². The number of carbonyl (C=O) groups excluding carboxylic acids is 10. The second kappa shape index (κ2) is 33.2. The number of amides is 10. The van der Waals surface area contributed by atoms with Gasteiger partial charge < -0.3 is 64.0 Å². The molecule has 0 aromatic carbocycles. The van der Waals surface area contributed by atoms with Crippen LogP contribution >= 0.6 is 11.8 Å². The highest BCUT2D eigenvalue weighted by molar-refractivity contribution is 7.98. The molecule has 0 aliphatic rings. The first kappa shape index (κ1) is 65.5. The number of hydrogen-bond acceptors (Lipinski definition) is 12. The minimum atomic E-state index is -1.23. The Morgan fingerprint density at radius 1 is 0.451 bits per heavy atom. The van der Waals surface area contributed by atoms with E-state index in [1.165, 1.54) is 11.8 Å². The second-order valence-electron chi connectivity index (χ2n) is 19.5. The molecule has 14 N–H and O–H groups in total. The zero-order valence-electron chi connectivity index (χ0n) is 44.3. The largest absolute Gasteiger partial charge is 0.480 e. The zero-order chi connectivity index (χ0) is 54.9. The summed E-state index contributed by atoms with van der Waals surface area (Å²) in [4.78, 5) is 144. The number of quaternary nitrogens is 1. The van der Waals surface area contributed by atoms with E-state index in [0.29, 0.717) is 18.6 Å². The fraction of sp³-hybridized carbons (Fsp3) is 0.766. The summed E-state index contributed by atoms with van der Waals surface area (Å²) in [5, 5.41) is 35.2. The predicted molar refractivity (Wildman–Crippen MR) is 268 cm³/mol. The lowest BCUT2D eigenvalue weighted by Crippen LogP contribution is -2.68. The molecule has 0 saturated carbocycles. The van der Waals surface area contributed by atoms with Gasteiger partial charge in [0.25, 0.3) is 5.91 Å². The Morgan fingerprint density at radius 2 is 0.845 bits per heavy atom. The fourth-order valence-corrected chi connectivity index (χ4v) is 7.24. The summed E-state index contributed by atoms with van der Waals surface area (Å²) in [7, 11) is 0. The summed E-state index contributed by atoms with van der Waals surface area (Å²) >= 11 is 1.41. The lowest BCUT2D eigenvalue weighted by atomic mass is 9.94. The van der Waals surface area contributed by atoms with Crippen LogP contribution in [0.2, 0.25) is 0 Å². The summed E-state index contributed by atoms with van der Waals surface area (Å²) in [6.07, 6.45) is 3.16. The molecule has 0 bridgehead atoms. The lowest BCUT2D eigenvalue weighted by molar-refractivity contribution is -0.398. The minimum absolute atomic E-state index is 0.110. The highest BCUT2D eigenvalue weighted by Gasteiger charge is 2.35. The van der Waals surface area contributed by atoms with Crippen LogP contribution in [0.25, 0.3) is 0 Å². The topological polar surface area (TPSA) is 356 Å². The molecule has 71 heavy (non-hydrogen) atoms. The standard InChI is InChI=1S/C47H85N11O12S/c1-15-27(11)38(58-46(68)39(28(12)16-2)57-40(62)29(13)48)44(66)51-22-33(60)52-31(19-23(3)4)42(64)53-30(17-18-71-14)41(63)55-35(24(5)6)43(65)50-20-32(59)49-21-34(61)54-36(25(7)8)45(67)56-37(26(9)10)47(69)70/h23-31,35-39H,15-22,48H2,1-14H3,(H,49,59)(H,50,65)(H,51,66)(H,52,60)(H,53,64)(H,54,61)(H,55,63)(H,56,67)(H,57,62)(H,58,68)(H,69,70)/p+1/t27-,28-,29-,30-,31-,35-,36-,37-,38-,39-/m0/s1. The Labute approximate surface area is 423 Å². The van der Waals surface area contributed by atoms with E-state index in [9.17, 15) is 57.8 Å². The van der Waals surface area contributed by atoms with Crippen LogP contribution in [0.5, 0.6) is 0 Å². The Bertz CT molecular complexity index is 1820.